The molecule has 1 aliphatic heterocycles. The van der Waals surface area contributed by atoms with E-state index in [-0.39, 0.29) is 0 Å². The summed E-state index contributed by atoms with van der Waals surface area (Å²) in [5.41, 5.74) is 7.18. The normalized spacial score (nSPS) is 22.9. The van der Waals surface area contributed by atoms with Crippen molar-refractivity contribution in [3.05, 3.63) is 35.9 Å². The first-order chi connectivity index (χ1) is 8.86. The van der Waals surface area contributed by atoms with Crippen LogP contribution in [0.1, 0.15) is 31.4 Å². The Kier molecular flexibility index (Phi) is 5.17. The second kappa shape index (κ2) is 6.88. The monoisotopic (exact) mass is 248 g/mol. The van der Waals surface area contributed by atoms with Gasteiger partial charge in [-0.1, -0.05) is 37.3 Å². The smallest absolute Gasteiger partial charge is 0.0622 e. The summed E-state index contributed by atoms with van der Waals surface area (Å²) in [6.07, 6.45) is 2.15. The second-order valence-electron chi connectivity index (χ2n) is 4.88. The second-order valence-corrected chi connectivity index (χ2v) is 4.88. The molecule has 0 radical (unpaired) electrons. The minimum atomic E-state index is 0.435. The van der Waals surface area contributed by atoms with Gasteiger partial charge < -0.3 is 10.5 Å². The van der Waals surface area contributed by atoms with Crippen LogP contribution in [-0.2, 0) is 4.74 Å². The third-order valence-corrected chi connectivity index (χ3v) is 3.77. The molecule has 0 aliphatic carbocycles. The highest BCUT2D eigenvalue weighted by Gasteiger charge is 2.28. The van der Waals surface area contributed by atoms with E-state index in [0.29, 0.717) is 12.1 Å². The first-order valence-electron chi connectivity index (χ1n) is 6.95. The topological polar surface area (TPSA) is 38.5 Å². The van der Waals surface area contributed by atoms with E-state index in [1.54, 1.807) is 0 Å². The van der Waals surface area contributed by atoms with Crippen molar-refractivity contribution >= 4 is 0 Å². The van der Waals surface area contributed by atoms with Crippen molar-refractivity contribution < 1.29 is 4.74 Å². The molecule has 1 aromatic carbocycles. The fourth-order valence-electron chi connectivity index (χ4n) is 2.79. The molecule has 0 saturated carbocycles. The number of morpholine rings is 1. The summed E-state index contributed by atoms with van der Waals surface area (Å²) in [5.74, 6) is 0. The van der Waals surface area contributed by atoms with E-state index in [1.165, 1.54) is 5.56 Å². The molecule has 0 amide bonds. The molecule has 18 heavy (non-hydrogen) atoms. The first kappa shape index (κ1) is 13.5. The Morgan fingerprint density at radius 1 is 1.39 bits per heavy atom. The van der Waals surface area contributed by atoms with Crippen molar-refractivity contribution in [3.8, 4) is 0 Å². The Bertz CT molecular complexity index is 342. The van der Waals surface area contributed by atoms with E-state index in [2.05, 4.69) is 42.2 Å². The number of hydrogen-bond acceptors (Lipinski definition) is 3. The summed E-state index contributed by atoms with van der Waals surface area (Å²) in [7, 11) is 0. The van der Waals surface area contributed by atoms with Crippen LogP contribution >= 0.6 is 0 Å². The summed E-state index contributed by atoms with van der Waals surface area (Å²) >= 11 is 0. The third kappa shape index (κ3) is 3.10. The Morgan fingerprint density at radius 3 is 2.83 bits per heavy atom. The van der Waals surface area contributed by atoms with Crippen molar-refractivity contribution in [2.24, 2.45) is 5.73 Å². The van der Waals surface area contributed by atoms with Gasteiger partial charge in [0.25, 0.3) is 0 Å². The van der Waals surface area contributed by atoms with Crippen molar-refractivity contribution in [1.29, 1.82) is 0 Å². The standard InChI is InChI=1S/C15H24N2O/c1-2-14-12-18-11-10-17(14)15(8-9-16)13-6-4-3-5-7-13/h3-7,14-15H,2,8-12,16H2,1H3. The molecule has 1 aliphatic rings. The molecule has 2 N–H and O–H groups in total. The molecule has 3 heteroatoms. The number of hydrogen-bond donors (Lipinski definition) is 1. The number of nitrogens with zero attached hydrogens (tertiary/aromatic N) is 1. The molecular formula is C15H24N2O. The predicted octanol–water partition coefficient (Wildman–Crippen LogP) is 2.19. The molecule has 0 aromatic heterocycles. The van der Waals surface area contributed by atoms with Crippen LogP contribution in [-0.4, -0.2) is 37.2 Å². The van der Waals surface area contributed by atoms with Crippen LogP contribution in [0.4, 0.5) is 0 Å². The van der Waals surface area contributed by atoms with Gasteiger partial charge >= 0.3 is 0 Å². The molecule has 2 unspecified atom stereocenters. The van der Waals surface area contributed by atoms with E-state index in [4.69, 9.17) is 10.5 Å². The number of ether oxygens (including phenoxy) is 1. The zero-order chi connectivity index (χ0) is 12.8. The summed E-state index contributed by atoms with van der Waals surface area (Å²) < 4.78 is 5.59. The summed E-state index contributed by atoms with van der Waals surface area (Å²) in [6, 6.07) is 11.7. The van der Waals surface area contributed by atoms with Gasteiger partial charge in [0, 0.05) is 18.6 Å². The largest absolute Gasteiger partial charge is 0.378 e. The average molecular weight is 248 g/mol. The fourth-order valence-corrected chi connectivity index (χ4v) is 2.79. The Labute approximate surface area is 110 Å². The third-order valence-electron chi connectivity index (χ3n) is 3.77. The maximum Gasteiger partial charge on any atom is 0.0622 e. The maximum atomic E-state index is 5.80. The molecule has 1 fully saturated rings. The van der Waals surface area contributed by atoms with Crippen LogP contribution in [0, 0.1) is 0 Å². The average Bonchev–Trinajstić information content (AvgIpc) is 2.46. The molecule has 2 atom stereocenters. The predicted molar refractivity (Wildman–Crippen MR) is 74.5 cm³/mol. The van der Waals surface area contributed by atoms with Crippen molar-refractivity contribution in [2.45, 2.75) is 31.8 Å². The van der Waals surface area contributed by atoms with Gasteiger partial charge in [0.2, 0.25) is 0 Å². The van der Waals surface area contributed by atoms with Crippen LogP contribution in [0.15, 0.2) is 30.3 Å². The van der Waals surface area contributed by atoms with Gasteiger partial charge in [0.1, 0.15) is 0 Å². The van der Waals surface area contributed by atoms with Crippen LogP contribution < -0.4 is 5.73 Å². The summed E-state index contributed by atoms with van der Waals surface area (Å²) in [6.45, 7) is 5.66. The molecule has 1 heterocycles. The van der Waals surface area contributed by atoms with Crippen LogP contribution in [0.3, 0.4) is 0 Å². The van der Waals surface area contributed by atoms with Gasteiger partial charge in [-0.15, -0.1) is 0 Å². The molecule has 100 valence electrons. The van der Waals surface area contributed by atoms with Gasteiger partial charge in [0.15, 0.2) is 0 Å². The lowest BCUT2D eigenvalue weighted by molar-refractivity contribution is -0.0321. The molecule has 3 nitrogen and oxygen atoms in total. The SMILES string of the molecule is CCC1COCCN1C(CCN)c1ccccc1. The lowest BCUT2D eigenvalue weighted by Crippen LogP contribution is -2.47. The maximum absolute atomic E-state index is 5.80. The van der Waals surface area contributed by atoms with E-state index >= 15 is 0 Å². The van der Waals surface area contributed by atoms with Crippen molar-refractivity contribution in [1.82, 2.24) is 4.90 Å². The van der Waals surface area contributed by atoms with Gasteiger partial charge in [-0.05, 0) is 24.9 Å². The molecule has 0 bridgehead atoms. The molecule has 0 spiro atoms. The quantitative estimate of drug-likeness (QED) is 0.868. The van der Waals surface area contributed by atoms with Crippen LogP contribution in [0.2, 0.25) is 0 Å². The van der Waals surface area contributed by atoms with E-state index < -0.39 is 0 Å². The first-order valence-corrected chi connectivity index (χ1v) is 6.95. The summed E-state index contributed by atoms with van der Waals surface area (Å²) in [4.78, 5) is 2.58. The van der Waals surface area contributed by atoms with Crippen LogP contribution in [0.25, 0.3) is 0 Å². The van der Waals surface area contributed by atoms with Gasteiger partial charge in [-0.3, -0.25) is 4.90 Å². The lowest BCUT2D eigenvalue weighted by atomic mass is 9.99. The Morgan fingerprint density at radius 2 is 2.17 bits per heavy atom. The fraction of sp³-hybridized carbons (Fsp3) is 0.600. The lowest BCUT2D eigenvalue weighted by Gasteiger charge is -2.41. The van der Waals surface area contributed by atoms with Crippen LogP contribution in [0.5, 0.6) is 0 Å². The van der Waals surface area contributed by atoms with E-state index in [9.17, 15) is 0 Å². The number of rotatable bonds is 5. The molecule has 1 aromatic rings. The molecule has 1 saturated heterocycles. The highest BCUT2D eigenvalue weighted by atomic mass is 16.5. The van der Waals surface area contributed by atoms with Gasteiger partial charge in [-0.25, -0.2) is 0 Å². The van der Waals surface area contributed by atoms with Crippen molar-refractivity contribution in [3.63, 3.8) is 0 Å². The van der Waals surface area contributed by atoms with E-state index in [0.717, 1.165) is 39.1 Å². The molecular weight excluding hydrogens is 224 g/mol. The zero-order valence-corrected chi connectivity index (χ0v) is 11.2. The minimum Gasteiger partial charge on any atom is -0.378 e. The zero-order valence-electron chi connectivity index (χ0n) is 11.2. The van der Waals surface area contributed by atoms with Gasteiger partial charge in [-0.2, -0.15) is 0 Å². The Balaban J connectivity index is 2.18. The summed E-state index contributed by atoms with van der Waals surface area (Å²) in [5, 5.41) is 0. The van der Waals surface area contributed by atoms with E-state index in [1.807, 2.05) is 0 Å². The Hall–Kier alpha value is -0.900. The minimum absolute atomic E-state index is 0.435. The highest BCUT2D eigenvalue weighted by molar-refractivity contribution is 5.19. The molecule has 2 rings (SSSR count). The van der Waals surface area contributed by atoms with Crippen molar-refractivity contribution in [2.75, 3.05) is 26.3 Å². The number of benzene rings is 1. The number of nitrogens with two attached hydrogens (primary N) is 1. The highest BCUT2D eigenvalue weighted by Crippen LogP contribution is 2.28. The van der Waals surface area contributed by atoms with Gasteiger partial charge in [0.05, 0.1) is 13.2 Å².